The number of hydrogen-bond donors (Lipinski definition) is 3. The van der Waals surface area contributed by atoms with Crippen molar-refractivity contribution in [3.05, 3.63) is 23.8 Å². The number of imide groups is 1. The molecule has 2 rings (SSSR count). The van der Waals surface area contributed by atoms with Crippen molar-refractivity contribution in [2.75, 3.05) is 7.11 Å². The summed E-state index contributed by atoms with van der Waals surface area (Å²) in [5.41, 5.74) is -0.101. The predicted molar refractivity (Wildman–Crippen MR) is 88.5 cm³/mol. The van der Waals surface area contributed by atoms with Crippen molar-refractivity contribution >= 4 is 17.9 Å². The van der Waals surface area contributed by atoms with E-state index in [0.717, 1.165) is 25.7 Å². The van der Waals surface area contributed by atoms with Crippen molar-refractivity contribution < 1.29 is 29.0 Å². The number of carbonyl (C=O) groups is 3. The molecule has 3 N–H and O–H groups in total. The van der Waals surface area contributed by atoms with E-state index in [0.29, 0.717) is 5.75 Å². The van der Waals surface area contributed by atoms with Gasteiger partial charge < -0.3 is 19.9 Å². The molecule has 1 aromatic rings. The van der Waals surface area contributed by atoms with Gasteiger partial charge in [0, 0.05) is 12.1 Å². The third-order valence-corrected chi connectivity index (χ3v) is 4.00. The molecule has 1 aliphatic carbocycles. The molecule has 1 fully saturated rings. The number of urea groups is 1. The van der Waals surface area contributed by atoms with E-state index in [1.807, 2.05) is 0 Å². The molecule has 1 saturated carbocycles. The Morgan fingerprint density at radius 1 is 1.24 bits per heavy atom. The van der Waals surface area contributed by atoms with Crippen LogP contribution >= 0.6 is 0 Å². The lowest BCUT2D eigenvalue weighted by Crippen LogP contribution is -2.47. The van der Waals surface area contributed by atoms with Crippen molar-refractivity contribution in [2.45, 2.75) is 44.8 Å². The molecule has 25 heavy (non-hydrogen) atoms. The van der Waals surface area contributed by atoms with Crippen molar-refractivity contribution in [2.24, 2.45) is 0 Å². The van der Waals surface area contributed by atoms with Crippen molar-refractivity contribution in [1.29, 1.82) is 0 Å². The molecule has 1 aliphatic rings. The van der Waals surface area contributed by atoms with Crippen molar-refractivity contribution in [3.63, 3.8) is 0 Å². The Morgan fingerprint density at radius 2 is 1.92 bits per heavy atom. The lowest BCUT2D eigenvalue weighted by atomic mass is 10.2. The highest BCUT2D eigenvalue weighted by Crippen LogP contribution is 2.24. The number of nitrogens with one attached hydrogen (secondary N) is 2. The summed E-state index contributed by atoms with van der Waals surface area (Å²) in [5, 5.41) is 14.7. The average molecular weight is 350 g/mol. The number of methoxy groups -OCH3 is 1. The summed E-state index contributed by atoms with van der Waals surface area (Å²) < 4.78 is 9.92. The van der Waals surface area contributed by atoms with Crippen LogP contribution in [0.25, 0.3) is 0 Å². The molecular weight excluding hydrogens is 328 g/mol. The first-order valence-corrected chi connectivity index (χ1v) is 8.10. The summed E-state index contributed by atoms with van der Waals surface area (Å²) in [6, 6.07) is 3.54. The molecule has 1 aromatic carbocycles. The van der Waals surface area contributed by atoms with E-state index in [9.17, 15) is 19.5 Å². The molecule has 0 radical (unpaired) electrons. The van der Waals surface area contributed by atoms with E-state index in [-0.39, 0.29) is 17.4 Å². The van der Waals surface area contributed by atoms with Gasteiger partial charge in [-0.3, -0.25) is 10.1 Å². The highest BCUT2D eigenvalue weighted by molar-refractivity contribution is 5.99. The fraction of sp³-hybridized carbons (Fsp3) is 0.471. The summed E-state index contributed by atoms with van der Waals surface area (Å²) in [5.74, 6) is -1.56. The Morgan fingerprint density at radius 3 is 2.52 bits per heavy atom. The van der Waals surface area contributed by atoms with Crippen LogP contribution in [0.15, 0.2) is 18.2 Å². The normalized spacial score (nSPS) is 15.3. The van der Waals surface area contributed by atoms with E-state index >= 15 is 0 Å². The van der Waals surface area contributed by atoms with Gasteiger partial charge in [0.2, 0.25) is 0 Å². The molecule has 0 unspecified atom stereocenters. The standard InChI is InChI=1S/C17H22N2O6/c1-10(15(21)19-17(23)18-11-5-3-4-6-11)25-16(22)13-8-7-12(24-2)9-14(13)20/h7-11,20H,3-6H2,1-2H3,(H2,18,19,21,23)/t10-/m0/s1. The minimum absolute atomic E-state index is 0.0712. The first kappa shape index (κ1) is 18.6. The SMILES string of the molecule is COc1ccc(C(=O)O[C@@H](C)C(=O)NC(=O)NC2CCCC2)c(O)c1. The first-order valence-electron chi connectivity index (χ1n) is 8.10. The first-order chi connectivity index (χ1) is 11.9. The second-order valence-electron chi connectivity index (χ2n) is 5.87. The fourth-order valence-corrected chi connectivity index (χ4v) is 2.59. The zero-order valence-corrected chi connectivity index (χ0v) is 14.2. The molecule has 1 atom stereocenters. The molecule has 0 aromatic heterocycles. The van der Waals surface area contributed by atoms with Gasteiger partial charge in [0.05, 0.1) is 7.11 Å². The molecule has 0 aliphatic heterocycles. The summed E-state index contributed by atoms with van der Waals surface area (Å²) in [7, 11) is 1.43. The van der Waals surface area contributed by atoms with Gasteiger partial charge in [0.25, 0.3) is 5.91 Å². The minimum Gasteiger partial charge on any atom is -0.507 e. The van der Waals surface area contributed by atoms with Gasteiger partial charge in [-0.2, -0.15) is 0 Å². The summed E-state index contributed by atoms with van der Waals surface area (Å²) in [6.45, 7) is 1.34. The molecule has 0 spiro atoms. The van der Waals surface area contributed by atoms with Crippen LogP contribution in [-0.4, -0.2) is 42.3 Å². The predicted octanol–water partition coefficient (Wildman–Crippen LogP) is 1.71. The zero-order chi connectivity index (χ0) is 18.4. The fourth-order valence-electron chi connectivity index (χ4n) is 2.59. The maximum Gasteiger partial charge on any atom is 0.342 e. The van der Waals surface area contributed by atoms with Gasteiger partial charge in [0.15, 0.2) is 6.10 Å². The maximum absolute atomic E-state index is 12.0. The second-order valence-corrected chi connectivity index (χ2v) is 5.87. The van der Waals surface area contributed by atoms with Crippen LogP contribution in [-0.2, 0) is 9.53 Å². The molecule has 3 amide bonds. The second kappa shape index (κ2) is 8.36. The highest BCUT2D eigenvalue weighted by atomic mass is 16.5. The van der Waals surface area contributed by atoms with Crippen LogP contribution in [0.1, 0.15) is 43.0 Å². The molecule has 0 bridgehead atoms. The third-order valence-electron chi connectivity index (χ3n) is 4.00. The third kappa shape index (κ3) is 5.10. The number of esters is 1. The molecule has 0 saturated heterocycles. The van der Waals surface area contributed by atoms with Gasteiger partial charge >= 0.3 is 12.0 Å². The molecule has 0 heterocycles. The largest absolute Gasteiger partial charge is 0.507 e. The van der Waals surface area contributed by atoms with Crippen molar-refractivity contribution in [3.8, 4) is 11.5 Å². The Hall–Kier alpha value is -2.77. The highest BCUT2D eigenvalue weighted by Gasteiger charge is 2.24. The number of benzene rings is 1. The number of phenols is 1. The van der Waals surface area contributed by atoms with Crippen molar-refractivity contribution in [1.82, 2.24) is 10.6 Å². The number of hydrogen-bond acceptors (Lipinski definition) is 6. The van der Waals surface area contributed by atoms with Gasteiger partial charge in [-0.1, -0.05) is 12.8 Å². The van der Waals surface area contributed by atoms with Gasteiger partial charge in [-0.15, -0.1) is 0 Å². The van der Waals surface area contributed by atoms with E-state index in [1.165, 1.54) is 32.2 Å². The maximum atomic E-state index is 12.0. The Kier molecular flexibility index (Phi) is 6.21. The van der Waals surface area contributed by atoms with E-state index in [2.05, 4.69) is 10.6 Å². The molecular formula is C17H22N2O6. The topological polar surface area (TPSA) is 114 Å². The quantitative estimate of drug-likeness (QED) is 0.697. The summed E-state index contributed by atoms with van der Waals surface area (Å²) >= 11 is 0. The van der Waals surface area contributed by atoms with Crippen LogP contribution in [0.5, 0.6) is 11.5 Å². The van der Waals surface area contributed by atoms with Crippen LogP contribution in [0.4, 0.5) is 4.79 Å². The lowest BCUT2D eigenvalue weighted by Gasteiger charge is -2.16. The smallest absolute Gasteiger partial charge is 0.342 e. The summed E-state index contributed by atoms with van der Waals surface area (Å²) in [6.07, 6.45) is 2.70. The van der Waals surface area contributed by atoms with Gasteiger partial charge in [0.1, 0.15) is 17.1 Å². The van der Waals surface area contributed by atoms with E-state index in [4.69, 9.17) is 9.47 Å². The number of ether oxygens (including phenoxy) is 2. The number of aromatic hydroxyl groups is 1. The van der Waals surface area contributed by atoms with Crippen LogP contribution in [0, 0.1) is 0 Å². The summed E-state index contributed by atoms with van der Waals surface area (Å²) in [4.78, 5) is 35.7. The number of amides is 3. The van der Waals surface area contributed by atoms with Gasteiger partial charge in [-0.05, 0) is 31.9 Å². The monoisotopic (exact) mass is 350 g/mol. The Balaban J connectivity index is 1.87. The Bertz CT molecular complexity index is 655. The van der Waals surface area contributed by atoms with Crippen LogP contribution in [0.3, 0.4) is 0 Å². The van der Waals surface area contributed by atoms with Gasteiger partial charge in [-0.25, -0.2) is 9.59 Å². The molecule has 8 nitrogen and oxygen atoms in total. The number of phenolic OH excluding ortho intramolecular Hbond substituents is 1. The van der Waals surface area contributed by atoms with Crippen LogP contribution in [0.2, 0.25) is 0 Å². The minimum atomic E-state index is -1.19. The Labute approximate surface area is 145 Å². The zero-order valence-electron chi connectivity index (χ0n) is 14.2. The lowest BCUT2D eigenvalue weighted by molar-refractivity contribution is -0.127. The van der Waals surface area contributed by atoms with E-state index < -0.39 is 24.0 Å². The average Bonchev–Trinajstić information content (AvgIpc) is 3.06. The van der Waals surface area contributed by atoms with Crippen LogP contribution < -0.4 is 15.4 Å². The van der Waals surface area contributed by atoms with E-state index in [1.54, 1.807) is 0 Å². The number of carbonyl (C=O) groups excluding carboxylic acids is 3. The molecule has 136 valence electrons. The molecule has 8 heteroatoms. The number of rotatable bonds is 5.